The van der Waals surface area contributed by atoms with Gasteiger partial charge in [0.05, 0.1) is 5.41 Å². The maximum Gasteiger partial charge on any atom is 0.309 e. The fraction of sp³-hybridized carbons (Fsp3) is 0.842. The molecule has 0 aromatic heterocycles. The average molecular weight is 296 g/mol. The smallest absolute Gasteiger partial charge is 0.309 e. The molecular weight excluding hydrogens is 260 g/mol. The van der Waals surface area contributed by atoms with Gasteiger partial charge in [0.2, 0.25) is 0 Å². The fourth-order valence-corrected chi connectivity index (χ4v) is 2.45. The van der Waals surface area contributed by atoms with Gasteiger partial charge in [-0.25, -0.2) is 0 Å². The van der Waals surface area contributed by atoms with Crippen LogP contribution in [0, 0.1) is 21.7 Å². The molecule has 2 heteroatoms. The Hall–Kier alpha value is -0.790. The van der Waals surface area contributed by atoms with Gasteiger partial charge in [0, 0.05) is 0 Å². The molecular formula is C19H36O2. The third-order valence-corrected chi connectivity index (χ3v) is 5.37. The minimum absolute atomic E-state index is 0.0382. The van der Waals surface area contributed by atoms with Crippen LogP contribution in [-0.4, -0.2) is 11.1 Å². The summed E-state index contributed by atoms with van der Waals surface area (Å²) in [5, 5.41) is 9.37. The molecule has 0 aliphatic rings. The van der Waals surface area contributed by atoms with E-state index in [0.29, 0.717) is 11.8 Å². The summed E-state index contributed by atoms with van der Waals surface area (Å²) in [4.78, 5) is 11.4. The first-order valence-corrected chi connectivity index (χ1v) is 8.08. The van der Waals surface area contributed by atoms with Crippen molar-refractivity contribution in [2.75, 3.05) is 0 Å². The normalized spacial score (nSPS) is 14.7. The van der Waals surface area contributed by atoms with Crippen molar-refractivity contribution in [3.63, 3.8) is 0 Å². The van der Waals surface area contributed by atoms with Crippen LogP contribution in [0.5, 0.6) is 0 Å². The van der Waals surface area contributed by atoms with Crippen LogP contribution >= 0.6 is 0 Å². The molecule has 21 heavy (non-hydrogen) atoms. The second-order valence-corrected chi connectivity index (χ2v) is 9.10. The number of allylic oxidation sites excluding steroid dienone is 2. The first kappa shape index (κ1) is 20.2. The Morgan fingerprint density at radius 1 is 1.00 bits per heavy atom. The van der Waals surface area contributed by atoms with Crippen molar-refractivity contribution in [2.24, 2.45) is 21.7 Å². The van der Waals surface area contributed by atoms with Crippen LogP contribution in [0.1, 0.15) is 81.6 Å². The molecule has 0 aromatic rings. The molecule has 0 saturated heterocycles. The summed E-state index contributed by atoms with van der Waals surface area (Å²) in [6.45, 7) is 19.2. The predicted octanol–water partition coefficient (Wildman–Crippen LogP) is 5.92. The van der Waals surface area contributed by atoms with Gasteiger partial charge in [-0.15, -0.1) is 0 Å². The maximum atomic E-state index is 11.4. The van der Waals surface area contributed by atoms with Crippen LogP contribution in [0.25, 0.3) is 0 Å². The van der Waals surface area contributed by atoms with Gasteiger partial charge in [0.1, 0.15) is 0 Å². The van der Waals surface area contributed by atoms with Crippen molar-refractivity contribution in [2.45, 2.75) is 81.6 Å². The second-order valence-electron chi connectivity index (χ2n) is 9.10. The van der Waals surface area contributed by atoms with E-state index in [1.807, 2.05) is 13.8 Å². The van der Waals surface area contributed by atoms with Crippen LogP contribution in [0.2, 0.25) is 0 Å². The monoisotopic (exact) mass is 296 g/mol. The summed E-state index contributed by atoms with van der Waals surface area (Å²) in [6.07, 6.45) is 7.43. The molecule has 0 heterocycles. The van der Waals surface area contributed by atoms with Gasteiger partial charge < -0.3 is 5.11 Å². The largest absolute Gasteiger partial charge is 0.481 e. The van der Waals surface area contributed by atoms with E-state index in [1.165, 1.54) is 0 Å². The minimum atomic E-state index is -0.720. The van der Waals surface area contributed by atoms with Crippen molar-refractivity contribution in [1.82, 2.24) is 0 Å². The zero-order valence-electron chi connectivity index (χ0n) is 15.6. The lowest BCUT2D eigenvalue weighted by Gasteiger charge is -2.43. The molecule has 0 rings (SSSR count). The molecule has 0 amide bonds. The van der Waals surface area contributed by atoms with Gasteiger partial charge in [0.15, 0.2) is 0 Å². The summed E-state index contributed by atoms with van der Waals surface area (Å²) in [5.74, 6) is -0.720. The average Bonchev–Trinajstić information content (AvgIpc) is 2.26. The van der Waals surface area contributed by atoms with Crippen molar-refractivity contribution in [3.8, 4) is 0 Å². The highest BCUT2D eigenvalue weighted by Crippen LogP contribution is 2.47. The lowest BCUT2D eigenvalue weighted by molar-refractivity contribution is -0.149. The third-order valence-electron chi connectivity index (χ3n) is 5.37. The summed E-state index contributed by atoms with van der Waals surface area (Å²) in [7, 11) is 0. The topological polar surface area (TPSA) is 37.3 Å². The summed E-state index contributed by atoms with van der Waals surface area (Å²) < 4.78 is 0. The van der Waals surface area contributed by atoms with E-state index in [9.17, 15) is 9.90 Å². The van der Waals surface area contributed by atoms with Crippen LogP contribution in [0.3, 0.4) is 0 Å². The highest BCUT2D eigenvalue weighted by atomic mass is 16.4. The number of aliphatic carboxylic acids is 1. The van der Waals surface area contributed by atoms with E-state index in [4.69, 9.17) is 0 Å². The van der Waals surface area contributed by atoms with Gasteiger partial charge in [-0.1, -0.05) is 67.0 Å². The molecule has 0 unspecified atom stereocenters. The van der Waals surface area contributed by atoms with E-state index >= 15 is 0 Å². The Morgan fingerprint density at radius 3 is 1.86 bits per heavy atom. The predicted molar refractivity (Wildman–Crippen MR) is 91.4 cm³/mol. The first-order valence-electron chi connectivity index (χ1n) is 8.08. The molecule has 0 bridgehead atoms. The highest BCUT2D eigenvalue weighted by molar-refractivity contribution is 5.73. The molecule has 0 saturated carbocycles. The van der Waals surface area contributed by atoms with Crippen molar-refractivity contribution in [3.05, 3.63) is 12.2 Å². The van der Waals surface area contributed by atoms with Crippen LogP contribution in [-0.2, 0) is 4.79 Å². The number of hydrogen-bond donors (Lipinski definition) is 1. The Labute approximate surface area is 132 Å². The lowest BCUT2D eigenvalue weighted by Crippen LogP contribution is -2.38. The lowest BCUT2D eigenvalue weighted by atomic mass is 9.61. The summed E-state index contributed by atoms with van der Waals surface area (Å²) >= 11 is 0. The molecule has 0 aliphatic carbocycles. The standard InChI is InChI=1S/C19H36O2/c1-10-16(2,3)12-11-13-18(6,7)19(8,9)14-17(4,5)15(20)21/h11,13H,10,12,14H2,1-9H3,(H,20,21). The van der Waals surface area contributed by atoms with Crippen molar-refractivity contribution < 1.29 is 9.90 Å². The minimum Gasteiger partial charge on any atom is -0.481 e. The third kappa shape index (κ3) is 5.84. The van der Waals surface area contributed by atoms with Crippen LogP contribution in [0.15, 0.2) is 12.2 Å². The zero-order chi connectivity index (χ0) is 17.1. The molecule has 0 spiro atoms. The zero-order valence-corrected chi connectivity index (χ0v) is 15.6. The van der Waals surface area contributed by atoms with Crippen molar-refractivity contribution in [1.29, 1.82) is 0 Å². The molecule has 0 radical (unpaired) electrons. The molecule has 0 aromatic carbocycles. The first-order chi connectivity index (χ1) is 9.17. The van der Waals surface area contributed by atoms with Crippen LogP contribution in [0.4, 0.5) is 0 Å². The molecule has 0 atom stereocenters. The van der Waals surface area contributed by atoms with Gasteiger partial charge in [0.25, 0.3) is 0 Å². The second kappa shape index (κ2) is 6.54. The van der Waals surface area contributed by atoms with Gasteiger partial charge in [-0.2, -0.15) is 0 Å². The maximum absolute atomic E-state index is 11.4. The van der Waals surface area contributed by atoms with Crippen LogP contribution < -0.4 is 0 Å². The van der Waals surface area contributed by atoms with E-state index < -0.39 is 11.4 Å². The summed E-state index contributed by atoms with van der Waals surface area (Å²) in [5.41, 5.74) is -0.486. The van der Waals surface area contributed by atoms with Gasteiger partial charge >= 0.3 is 5.97 Å². The number of rotatable bonds is 8. The molecule has 0 fully saturated rings. The number of carbonyl (C=O) groups is 1. The fourth-order valence-electron chi connectivity index (χ4n) is 2.45. The highest BCUT2D eigenvalue weighted by Gasteiger charge is 2.42. The van der Waals surface area contributed by atoms with E-state index in [2.05, 4.69) is 60.6 Å². The Bertz CT molecular complexity index is 384. The van der Waals surface area contributed by atoms with Gasteiger partial charge in [-0.3, -0.25) is 4.79 Å². The van der Waals surface area contributed by atoms with Crippen molar-refractivity contribution >= 4 is 5.97 Å². The Morgan fingerprint density at radius 2 is 1.48 bits per heavy atom. The van der Waals surface area contributed by atoms with Gasteiger partial charge in [-0.05, 0) is 42.9 Å². The molecule has 2 nitrogen and oxygen atoms in total. The molecule has 0 aliphatic heterocycles. The van der Waals surface area contributed by atoms with E-state index in [0.717, 1.165) is 12.8 Å². The molecule has 124 valence electrons. The number of carboxylic acid groups (broad SMARTS) is 1. The number of hydrogen-bond acceptors (Lipinski definition) is 1. The van der Waals surface area contributed by atoms with E-state index in [1.54, 1.807) is 0 Å². The summed E-state index contributed by atoms with van der Waals surface area (Å²) in [6, 6.07) is 0. The quantitative estimate of drug-likeness (QED) is 0.564. The SMILES string of the molecule is CCC(C)(C)CC=CC(C)(C)C(C)(C)CC(C)(C)C(=O)O. The molecule has 1 N–H and O–H groups in total. The van der Waals surface area contributed by atoms with E-state index in [-0.39, 0.29) is 10.8 Å². The Kier molecular flexibility index (Phi) is 6.29. The Balaban J connectivity index is 5.04. The number of carboxylic acids is 1.